The number of phenols is 1. The molecule has 0 aromatic heterocycles. The Hall–Kier alpha value is -0.980. The molecule has 0 amide bonds. The molecule has 2 rings (SSSR count). The number of aromatic hydroxyl groups is 1. The Morgan fingerprint density at radius 3 is 2.79 bits per heavy atom. The number of hydrogen-bond acceptors (Lipinski definition) is 3. The zero-order valence-electron chi connectivity index (χ0n) is 10.6. The van der Waals surface area contributed by atoms with E-state index in [9.17, 15) is 13.5 Å². The second kappa shape index (κ2) is 5.56. The van der Waals surface area contributed by atoms with Gasteiger partial charge in [-0.15, -0.1) is 0 Å². The molecule has 1 aromatic rings. The van der Waals surface area contributed by atoms with Gasteiger partial charge in [-0.3, -0.25) is 4.72 Å². The van der Waals surface area contributed by atoms with Crippen LogP contribution in [0.4, 0.5) is 5.69 Å². The number of rotatable bonds is 3. The first-order valence-corrected chi connectivity index (χ1v) is 8.00. The molecule has 1 heterocycles. The van der Waals surface area contributed by atoms with E-state index >= 15 is 0 Å². The fraction of sp³-hybridized carbons (Fsp3) is 0.500. The van der Waals surface area contributed by atoms with Crippen molar-refractivity contribution in [3.8, 4) is 5.75 Å². The van der Waals surface area contributed by atoms with Crippen molar-refractivity contribution in [2.45, 2.75) is 32.2 Å². The van der Waals surface area contributed by atoms with Gasteiger partial charge in [-0.2, -0.15) is 12.7 Å². The minimum absolute atomic E-state index is 0.000659. The predicted molar refractivity (Wildman–Crippen MR) is 75.7 cm³/mol. The quantitative estimate of drug-likeness (QED) is 0.843. The van der Waals surface area contributed by atoms with Gasteiger partial charge in [0.2, 0.25) is 0 Å². The largest absolute Gasteiger partial charge is 0.508 e. The van der Waals surface area contributed by atoms with E-state index in [1.807, 2.05) is 6.92 Å². The number of phenolic OH excluding ortho intramolecular Hbond substituents is 1. The molecule has 106 valence electrons. The van der Waals surface area contributed by atoms with E-state index in [0.717, 1.165) is 19.3 Å². The Bertz CT molecular complexity index is 562. The second-order valence-electron chi connectivity index (χ2n) is 4.73. The van der Waals surface area contributed by atoms with E-state index in [2.05, 4.69) is 4.72 Å². The average molecular weight is 305 g/mol. The first kappa shape index (κ1) is 14.4. The number of anilines is 1. The molecule has 5 nitrogen and oxygen atoms in total. The molecule has 1 saturated heterocycles. The fourth-order valence-corrected chi connectivity index (χ4v) is 4.01. The van der Waals surface area contributed by atoms with Crippen LogP contribution in [-0.2, 0) is 10.2 Å². The summed E-state index contributed by atoms with van der Waals surface area (Å²) < 4.78 is 28.5. The molecule has 7 heteroatoms. The summed E-state index contributed by atoms with van der Waals surface area (Å²) in [5.41, 5.74) is 0.275. The van der Waals surface area contributed by atoms with Gasteiger partial charge in [0.25, 0.3) is 0 Å². The molecule has 1 aromatic carbocycles. The number of nitrogens with zero attached hydrogens (tertiary/aromatic N) is 1. The number of piperidine rings is 1. The van der Waals surface area contributed by atoms with Crippen molar-refractivity contribution in [3.63, 3.8) is 0 Å². The predicted octanol–water partition coefficient (Wildman–Crippen LogP) is 2.58. The van der Waals surface area contributed by atoms with Gasteiger partial charge in [0, 0.05) is 18.7 Å². The summed E-state index contributed by atoms with van der Waals surface area (Å²) >= 11 is 5.91. The van der Waals surface area contributed by atoms with Crippen LogP contribution in [0.1, 0.15) is 26.2 Å². The molecule has 0 radical (unpaired) electrons. The van der Waals surface area contributed by atoms with Crippen molar-refractivity contribution in [2.75, 3.05) is 11.3 Å². The molecule has 19 heavy (non-hydrogen) atoms. The molecule has 1 atom stereocenters. The summed E-state index contributed by atoms with van der Waals surface area (Å²) in [7, 11) is -3.60. The van der Waals surface area contributed by atoms with Crippen LogP contribution in [0.3, 0.4) is 0 Å². The van der Waals surface area contributed by atoms with Crippen LogP contribution >= 0.6 is 11.6 Å². The van der Waals surface area contributed by atoms with E-state index in [4.69, 9.17) is 11.6 Å². The van der Waals surface area contributed by atoms with Crippen LogP contribution in [0.15, 0.2) is 18.2 Å². The van der Waals surface area contributed by atoms with E-state index in [1.165, 1.54) is 22.5 Å². The third-order valence-electron chi connectivity index (χ3n) is 3.24. The van der Waals surface area contributed by atoms with Gasteiger partial charge in [-0.25, -0.2) is 0 Å². The van der Waals surface area contributed by atoms with Crippen LogP contribution in [0.25, 0.3) is 0 Å². The van der Waals surface area contributed by atoms with Gasteiger partial charge in [-0.05, 0) is 31.9 Å². The highest BCUT2D eigenvalue weighted by Crippen LogP contribution is 2.28. The Morgan fingerprint density at radius 1 is 1.42 bits per heavy atom. The fourth-order valence-electron chi connectivity index (χ4n) is 2.21. The molecule has 0 bridgehead atoms. The van der Waals surface area contributed by atoms with E-state index in [0.29, 0.717) is 6.54 Å². The van der Waals surface area contributed by atoms with Crippen LogP contribution in [0, 0.1) is 0 Å². The number of nitrogens with one attached hydrogen (secondary N) is 1. The van der Waals surface area contributed by atoms with Crippen molar-refractivity contribution in [3.05, 3.63) is 23.2 Å². The molecule has 0 aliphatic carbocycles. The zero-order valence-corrected chi connectivity index (χ0v) is 12.2. The SMILES string of the molecule is CC1CCCCN1S(=O)(=O)Nc1ccc(O)cc1Cl. The normalized spacial score (nSPS) is 21.3. The van der Waals surface area contributed by atoms with Gasteiger partial charge in [0.05, 0.1) is 10.7 Å². The lowest BCUT2D eigenvalue weighted by molar-refractivity contribution is 0.270. The zero-order chi connectivity index (χ0) is 14.0. The monoisotopic (exact) mass is 304 g/mol. The van der Waals surface area contributed by atoms with E-state index < -0.39 is 10.2 Å². The van der Waals surface area contributed by atoms with Crippen LogP contribution < -0.4 is 4.72 Å². The summed E-state index contributed by atoms with van der Waals surface area (Å²) in [6, 6.07) is 4.13. The Kier molecular flexibility index (Phi) is 4.23. The third-order valence-corrected chi connectivity index (χ3v) is 5.19. The Labute approximate surface area is 118 Å². The van der Waals surface area contributed by atoms with Gasteiger partial charge in [0.1, 0.15) is 5.75 Å². The lowest BCUT2D eigenvalue weighted by atomic mass is 10.1. The van der Waals surface area contributed by atoms with Crippen molar-refractivity contribution < 1.29 is 13.5 Å². The highest BCUT2D eigenvalue weighted by molar-refractivity contribution is 7.90. The highest BCUT2D eigenvalue weighted by Gasteiger charge is 2.29. The highest BCUT2D eigenvalue weighted by atomic mass is 35.5. The summed E-state index contributed by atoms with van der Waals surface area (Å²) in [5, 5.41) is 9.43. The minimum atomic E-state index is -3.60. The summed E-state index contributed by atoms with van der Waals surface area (Å²) in [4.78, 5) is 0. The summed E-state index contributed by atoms with van der Waals surface area (Å²) in [5.74, 6) is -0.000659. The lowest BCUT2D eigenvalue weighted by Gasteiger charge is -2.32. The van der Waals surface area contributed by atoms with Gasteiger partial charge < -0.3 is 5.11 Å². The standard InChI is InChI=1S/C12H17ClN2O3S/c1-9-4-2-3-7-15(9)19(17,18)14-12-6-5-10(16)8-11(12)13/h5-6,8-9,14,16H,2-4,7H2,1H3. The first-order valence-electron chi connectivity index (χ1n) is 6.18. The topological polar surface area (TPSA) is 69.6 Å². The van der Waals surface area contributed by atoms with E-state index in [1.54, 1.807) is 0 Å². The molecule has 2 N–H and O–H groups in total. The average Bonchev–Trinajstić information content (AvgIpc) is 2.33. The Balaban J connectivity index is 2.20. The van der Waals surface area contributed by atoms with Crippen LogP contribution in [0.2, 0.25) is 5.02 Å². The molecular formula is C12H17ClN2O3S. The molecule has 1 fully saturated rings. The van der Waals surface area contributed by atoms with Crippen molar-refractivity contribution in [2.24, 2.45) is 0 Å². The molecule has 0 spiro atoms. The smallest absolute Gasteiger partial charge is 0.301 e. The number of halogens is 1. The van der Waals surface area contributed by atoms with Crippen molar-refractivity contribution >= 4 is 27.5 Å². The molecule has 1 aliphatic heterocycles. The van der Waals surface area contributed by atoms with Crippen LogP contribution in [-0.4, -0.2) is 30.4 Å². The van der Waals surface area contributed by atoms with Gasteiger partial charge >= 0.3 is 10.2 Å². The molecule has 1 aliphatic rings. The Morgan fingerprint density at radius 2 is 2.16 bits per heavy atom. The first-order chi connectivity index (χ1) is 8.90. The maximum atomic E-state index is 12.3. The summed E-state index contributed by atoms with van der Waals surface area (Å²) in [6.07, 6.45) is 2.78. The number of hydrogen-bond donors (Lipinski definition) is 2. The lowest BCUT2D eigenvalue weighted by Crippen LogP contribution is -2.44. The maximum Gasteiger partial charge on any atom is 0.301 e. The van der Waals surface area contributed by atoms with Crippen molar-refractivity contribution in [1.29, 1.82) is 0 Å². The third kappa shape index (κ3) is 3.32. The van der Waals surface area contributed by atoms with Crippen LogP contribution in [0.5, 0.6) is 5.75 Å². The summed E-state index contributed by atoms with van der Waals surface area (Å²) in [6.45, 7) is 2.42. The number of benzene rings is 1. The van der Waals surface area contributed by atoms with E-state index in [-0.39, 0.29) is 22.5 Å². The molecule has 0 saturated carbocycles. The maximum absolute atomic E-state index is 12.3. The minimum Gasteiger partial charge on any atom is -0.508 e. The van der Waals surface area contributed by atoms with Gasteiger partial charge in [-0.1, -0.05) is 18.0 Å². The van der Waals surface area contributed by atoms with Gasteiger partial charge in [0.15, 0.2) is 0 Å². The van der Waals surface area contributed by atoms with Crippen molar-refractivity contribution in [1.82, 2.24) is 4.31 Å². The second-order valence-corrected chi connectivity index (χ2v) is 6.76. The molecule has 1 unspecified atom stereocenters. The molecular weight excluding hydrogens is 288 g/mol.